The number of benzene rings is 2. The smallest absolute Gasteiger partial charge is 0.198 e. The summed E-state index contributed by atoms with van der Waals surface area (Å²) in [5, 5.41) is 38.3. The van der Waals surface area contributed by atoms with Gasteiger partial charge in [-0.05, 0) is 17.7 Å². The van der Waals surface area contributed by atoms with Crippen LogP contribution in [0.3, 0.4) is 0 Å². The molecule has 4 N–H and O–H groups in total. The van der Waals surface area contributed by atoms with Crippen molar-refractivity contribution in [3.05, 3.63) is 64.2 Å². The quantitative estimate of drug-likeness (QED) is 0.403. The van der Waals surface area contributed by atoms with Gasteiger partial charge in [-0.25, -0.2) is 0 Å². The summed E-state index contributed by atoms with van der Waals surface area (Å²) in [5.41, 5.74) is 0.813. The summed E-state index contributed by atoms with van der Waals surface area (Å²) < 4.78 is 5.44. The van der Waals surface area contributed by atoms with E-state index in [4.69, 9.17) is 4.74 Å². The Balaban J connectivity index is 1.98. The maximum Gasteiger partial charge on any atom is 0.198 e. The van der Waals surface area contributed by atoms with Crippen LogP contribution in [0.1, 0.15) is 37.4 Å². The number of aliphatic hydroxyl groups is 4. The molecule has 8 nitrogen and oxygen atoms in total. The average Bonchev–Trinajstić information content (AvgIpc) is 2.73. The third-order valence-electron chi connectivity index (χ3n) is 4.53. The summed E-state index contributed by atoms with van der Waals surface area (Å²) in [6, 6.07) is 9.07. The van der Waals surface area contributed by atoms with E-state index < -0.39 is 43.1 Å². The third kappa shape index (κ3) is 3.46. The number of rotatable bonds is 7. The van der Waals surface area contributed by atoms with Crippen molar-refractivity contribution >= 4 is 17.9 Å². The second-order valence-electron chi connectivity index (χ2n) is 6.37. The van der Waals surface area contributed by atoms with Crippen LogP contribution in [0.5, 0.6) is 5.75 Å². The van der Waals surface area contributed by atoms with Crippen LogP contribution in [0.25, 0.3) is 0 Å². The van der Waals surface area contributed by atoms with Gasteiger partial charge in [0.15, 0.2) is 17.9 Å². The van der Waals surface area contributed by atoms with Gasteiger partial charge >= 0.3 is 0 Å². The minimum Gasteiger partial charge on any atom is -0.490 e. The molecule has 1 aliphatic rings. The molecule has 28 heavy (non-hydrogen) atoms. The van der Waals surface area contributed by atoms with Crippen molar-refractivity contribution in [2.75, 3.05) is 6.61 Å². The summed E-state index contributed by atoms with van der Waals surface area (Å²) in [6.45, 7) is -0.974. The standard InChI is InChI=1S/C20H18O8/c21-7-10-5-13-17(19(26)12-4-2-1-3-11(12)18(13)25)16(6-10)28-9-15(24)20(27)14(23)8-22/h1-6,8,14-15,20-21,23-24,27H,7,9H2/t14-,15-,20+/m1/s1. The highest BCUT2D eigenvalue weighted by Crippen LogP contribution is 2.34. The van der Waals surface area contributed by atoms with Gasteiger partial charge in [-0.2, -0.15) is 0 Å². The number of ether oxygens (including phenoxy) is 1. The predicted octanol–water partition coefficient (Wildman–Crippen LogP) is -0.385. The molecule has 8 heteroatoms. The topological polar surface area (TPSA) is 141 Å². The van der Waals surface area contributed by atoms with E-state index in [2.05, 4.69) is 0 Å². The van der Waals surface area contributed by atoms with E-state index in [1.807, 2.05) is 0 Å². The molecule has 1 aliphatic carbocycles. The highest BCUT2D eigenvalue weighted by Gasteiger charge is 2.33. The monoisotopic (exact) mass is 386 g/mol. The van der Waals surface area contributed by atoms with Gasteiger partial charge in [-0.1, -0.05) is 24.3 Å². The predicted molar refractivity (Wildman–Crippen MR) is 95.3 cm³/mol. The molecule has 0 heterocycles. The Morgan fingerprint density at radius 3 is 2.21 bits per heavy atom. The fourth-order valence-corrected chi connectivity index (χ4v) is 3.03. The van der Waals surface area contributed by atoms with Crippen molar-refractivity contribution < 1.29 is 39.5 Å². The first-order valence-electron chi connectivity index (χ1n) is 8.47. The zero-order valence-corrected chi connectivity index (χ0v) is 14.6. The van der Waals surface area contributed by atoms with Gasteiger partial charge in [0.2, 0.25) is 0 Å². The lowest BCUT2D eigenvalue weighted by molar-refractivity contribution is -0.127. The lowest BCUT2D eigenvalue weighted by atomic mass is 9.83. The summed E-state index contributed by atoms with van der Waals surface area (Å²) in [7, 11) is 0. The molecule has 0 saturated heterocycles. The van der Waals surface area contributed by atoms with Crippen LogP contribution in [0.15, 0.2) is 36.4 Å². The number of aldehydes is 1. The fourth-order valence-electron chi connectivity index (χ4n) is 3.03. The highest BCUT2D eigenvalue weighted by atomic mass is 16.5. The summed E-state index contributed by atoms with van der Waals surface area (Å²) >= 11 is 0. The molecule has 0 radical (unpaired) electrons. The van der Waals surface area contributed by atoms with E-state index in [1.165, 1.54) is 24.3 Å². The lowest BCUT2D eigenvalue weighted by Crippen LogP contribution is -2.41. The number of carbonyl (C=O) groups is 3. The van der Waals surface area contributed by atoms with Crippen LogP contribution in [0, 0.1) is 0 Å². The first-order valence-corrected chi connectivity index (χ1v) is 8.47. The molecule has 0 spiro atoms. The Labute approximate surface area is 159 Å². The van der Waals surface area contributed by atoms with Crippen LogP contribution in [0.4, 0.5) is 0 Å². The molecule has 146 valence electrons. The number of aliphatic hydroxyl groups excluding tert-OH is 4. The van der Waals surface area contributed by atoms with Gasteiger partial charge in [0.1, 0.15) is 30.7 Å². The average molecular weight is 386 g/mol. The van der Waals surface area contributed by atoms with Crippen molar-refractivity contribution in [1.29, 1.82) is 0 Å². The fraction of sp³-hybridized carbons (Fsp3) is 0.250. The number of fused-ring (bicyclic) bond motifs is 2. The SMILES string of the molecule is O=C[C@@H](O)[C@H](O)[C@H](O)COc1cc(CO)cc2c1C(=O)c1ccccc1C2=O. The van der Waals surface area contributed by atoms with Gasteiger partial charge in [-0.15, -0.1) is 0 Å². The lowest BCUT2D eigenvalue weighted by Gasteiger charge is -2.23. The van der Waals surface area contributed by atoms with Gasteiger partial charge in [0, 0.05) is 16.7 Å². The Hall–Kier alpha value is -2.91. The number of ketones is 2. The largest absolute Gasteiger partial charge is 0.490 e. The third-order valence-corrected chi connectivity index (χ3v) is 4.53. The first kappa shape index (κ1) is 19.8. The molecule has 2 aromatic rings. The van der Waals surface area contributed by atoms with Crippen molar-refractivity contribution in [2.45, 2.75) is 24.9 Å². The molecular weight excluding hydrogens is 368 g/mol. The molecule has 2 aromatic carbocycles. The number of hydrogen-bond donors (Lipinski definition) is 4. The maximum absolute atomic E-state index is 12.9. The second-order valence-corrected chi connectivity index (χ2v) is 6.37. The maximum atomic E-state index is 12.9. The van der Waals surface area contributed by atoms with E-state index in [1.54, 1.807) is 12.1 Å². The Morgan fingerprint density at radius 2 is 1.61 bits per heavy atom. The van der Waals surface area contributed by atoms with Gasteiger partial charge < -0.3 is 30.0 Å². The molecule has 3 atom stereocenters. The van der Waals surface area contributed by atoms with Gasteiger partial charge in [0.25, 0.3) is 0 Å². The Kier molecular flexibility index (Phi) is 5.66. The molecule has 0 saturated carbocycles. The van der Waals surface area contributed by atoms with Crippen molar-refractivity contribution in [3.63, 3.8) is 0 Å². The van der Waals surface area contributed by atoms with E-state index >= 15 is 0 Å². The highest BCUT2D eigenvalue weighted by molar-refractivity contribution is 6.29. The molecular formula is C20H18O8. The van der Waals surface area contributed by atoms with Crippen molar-refractivity contribution in [3.8, 4) is 5.75 Å². The Bertz CT molecular complexity index is 936. The van der Waals surface area contributed by atoms with Gasteiger partial charge in [-0.3, -0.25) is 9.59 Å². The van der Waals surface area contributed by atoms with E-state index in [0.29, 0.717) is 5.56 Å². The molecule has 0 fully saturated rings. The van der Waals surface area contributed by atoms with Crippen LogP contribution in [0.2, 0.25) is 0 Å². The zero-order chi connectivity index (χ0) is 20.4. The van der Waals surface area contributed by atoms with Crippen LogP contribution < -0.4 is 4.74 Å². The van der Waals surface area contributed by atoms with Crippen LogP contribution in [-0.2, 0) is 11.4 Å². The first-order chi connectivity index (χ1) is 13.4. The summed E-state index contributed by atoms with van der Waals surface area (Å²) in [4.78, 5) is 36.2. The van der Waals surface area contributed by atoms with Gasteiger partial charge in [0.05, 0.1) is 12.2 Å². The molecule has 3 rings (SSSR count). The van der Waals surface area contributed by atoms with Crippen LogP contribution >= 0.6 is 0 Å². The molecule has 0 aromatic heterocycles. The van der Waals surface area contributed by atoms with Crippen molar-refractivity contribution in [1.82, 2.24) is 0 Å². The minimum absolute atomic E-state index is 0.0153. The second kappa shape index (κ2) is 7.99. The van der Waals surface area contributed by atoms with E-state index in [0.717, 1.165) is 0 Å². The Morgan fingerprint density at radius 1 is 0.964 bits per heavy atom. The normalized spacial score (nSPS) is 16.0. The molecule has 0 bridgehead atoms. The summed E-state index contributed by atoms with van der Waals surface area (Å²) in [6.07, 6.45) is -5.14. The molecule has 0 aliphatic heterocycles. The zero-order valence-electron chi connectivity index (χ0n) is 14.6. The molecule has 0 amide bonds. The molecule has 0 unspecified atom stereocenters. The number of hydrogen-bond acceptors (Lipinski definition) is 8. The van der Waals surface area contributed by atoms with Crippen LogP contribution in [-0.4, -0.2) is 63.2 Å². The number of carbonyl (C=O) groups excluding carboxylic acids is 3. The summed E-state index contributed by atoms with van der Waals surface area (Å²) in [5.74, 6) is -0.906. The minimum atomic E-state index is -1.80. The van der Waals surface area contributed by atoms with E-state index in [-0.39, 0.29) is 34.3 Å². The van der Waals surface area contributed by atoms with E-state index in [9.17, 15) is 34.8 Å². The van der Waals surface area contributed by atoms with Crippen molar-refractivity contribution in [2.24, 2.45) is 0 Å².